The van der Waals surface area contributed by atoms with Crippen molar-refractivity contribution in [1.29, 1.82) is 0 Å². The van der Waals surface area contributed by atoms with Crippen LogP contribution in [0.15, 0.2) is 70.5 Å². The van der Waals surface area contributed by atoms with Gasteiger partial charge in [0, 0.05) is 29.2 Å². The van der Waals surface area contributed by atoms with E-state index in [1.807, 2.05) is 60.7 Å². The molecule has 0 fully saturated rings. The fourth-order valence-electron chi connectivity index (χ4n) is 2.85. The highest BCUT2D eigenvalue weighted by Crippen LogP contribution is 2.51. The Kier molecular flexibility index (Phi) is 10.2. The van der Waals surface area contributed by atoms with E-state index in [2.05, 4.69) is 12.2 Å². The molecule has 0 unspecified atom stereocenters. The fraction of sp³-hybridized carbons (Fsp3) is 0.391. The Morgan fingerprint density at radius 3 is 1.90 bits per heavy atom. The molecule has 156 valence electrons. The van der Waals surface area contributed by atoms with Crippen LogP contribution >= 0.6 is 23.5 Å². The Bertz CT molecular complexity index is 712. The van der Waals surface area contributed by atoms with Crippen LogP contribution in [0.2, 0.25) is 0 Å². The van der Waals surface area contributed by atoms with Crippen molar-refractivity contribution in [2.75, 3.05) is 6.54 Å². The van der Waals surface area contributed by atoms with Gasteiger partial charge >= 0.3 is 5.97 Å². The van der Waals surface area contributed by atoms with E-state index in [4.69, 9.17) is 0 Å². The van der Waals surface area contributed by atoms with Gasteiger partial charge in [-0.3, -0.25) is 9.59 Å². The summed E-state index contributed by atoms with van der Waals surface area (Å²) in [5.41, 5.74) is 0. The summed E-state index contributed by atoms with van der Waals surface area (Å²) in [6, 6.07) is 20.0. The van der Waals surface area contributed by atoms with Gasteiger partial charge in [-0.25, -0.2) is 0 Å². The number of carboxylic acid groups (broad SMARTS) is 1. The lowest BCUT2D eigenvalue weighted by Gasteiger charge is -2.32. The number of benzene rings is 2. The van der Waals surface area contributed by atoms with Gasteiger partial charge in [0.25, 0.3) is 0 Å². The molecule has 4 nitrogen and oxygen atoms in total. The van der Waals surface area contributed by atoms with E-state index in [1.54, 1.807) is 23.5 Å². The number of aliphatic carboxylic acids is 1. The van der Waals surface area contributed by atoms with Crippen LogP contribution in [0.1, 0.15) is 45.4 Å². The third-order valence-electron chi connectivity index (χ3n) is 4.40. The summed E-state index contributed by atoms with van der Waals surface area (Å²) in [7, 11) is 0. The van der Waals surface area contributed by atoms with Gasteiger partial charge in [-0.2, -0.15) is 0 Å². The first-order valence-corrected chi connectivity index (χ1v) is 11.6. The lowest BCUT2D eigenvalue weighted by molar-refractivity contribution is -0.137. The van der Waals surface area contributed by atoms with E-state index < -0.39 is 10.0 Å². The number of carbonyl (C=O) groups excluding carboxylic acids is 1. The third-order valence-corrected chi connectivity index (χ3v) is 7.48. The minimum atomic E-state index is -0.816. The van der Waals surface area contributed by atoms with Crippen molar-refractivity contribution in [2.24, 2.45) is 0 Å². The van der Waals surface area contributed by atoms with Crippen LogP contribution in [0.4, 0.5) is 0 Å². The van der Waals surface area contributed by atoms with Gasteiger partial charge in [-0.05, 0) is 43.5 Å². The van der Waals surface area contributed by atoms with Crippen molar-refractivity contribution >= 4 is 35.4 Å². The predicted octanol–water partition coefficient (Wildman–Crippen LogP) is 5.83. The number of unbranched alkanes of at least 4 members (excludes halogenated alkanes) is 1. The van der Waals surface area contributed by atoms with Crippen LogP contribution in [-0.4, -0.2) is 27.6 Å². The number of hydrogen-bond donors (Lipinski definition) is 2. The topological polar surface area (TPSA) is 66.4 Å². The molecule has 0 saturated carbocycles. The average molecular weight is 432 g/mol. The highest BCUT2D eigenvalue weighted by Gasteiger charge is 2.34. The average Bonchev–Trinajstić information content (AvgIpc) is 2.72. The summed E-state index contributed by atoms with van der Waals surface area (Å²) in [6.07, 6.45) is 3.52. The molecule has 6 heteroatoms. The maximum absolute atomic E-state index is 12.4. The molecule has 29 heavy (non-hydrogen) atoms. The summed E-state index contributed by atoms with van der Waals surface area (Å²) in [6.45, 7) is 2.78. The van der Waals surface area contributed by atoms with Crippen molar-refractivity contribution in [3.8, 4) is 0 Å². The summed E-state index contributed by atoms with van der Waals surface area (Å²) in [5, 5.41) is 12.3. The number of carbonyl (C=O) groups is 2. The second-order valence-corrected chi connectivity index (χ2v) is 10.0. The molecule has 2 aromatic rings. The van der Waals surface area contributed by atoms with Crippen LogP contribution in [0.25, 0.3) is 0 Å². The van der Waals surface area contributed by atoms with E-state index in [0.717, 1.165) is 22.6 Å². The minimum Gasteiger partial charge on any atom is -0.481 e. The van der Waals surface area contributed by atoms with Crippen molar-refractivity contribution in [3.63, 3.8) is 0 Å². The summed E-state index contributed by atoms with van der Waals surface area (Å²) in [5.74, 6) is -0.787. The zero-order valence-corrected chi connectivity index (χ0v) is 18.4. The van der Waals surface area contributed by atoms with Gasteiger partial charge < -0.3 is 10.4 Å². The SMILES string of the molecule is CCCCNC(=O)CCC(CCC(=O)O)(Sc1ccccc1)Sc1ccccc1. The van der Waals surface area contributed by atoms with Crippen LogP contribution < -0.4 is 5.32 Å². The molecule has 0 saturated heterocycles. The highest BCUT2D eigenvalue weighted by atomic mass is 32.2. The maximum atomic E-state index is 12.4. The van der Waals surface area contributed by atoms with E-state index in [0.29, 0.717) is 25.8 Å². The molecule has 1 amide bonds. The Labute approximate surface area is 181 Å². The summed E-state index contributed by atoms with van der Waals surface area (Å²) in [4.78, 5) is 25.9. The molecular weight excluding hydrogens is 402 g/mol. The highest BCUT2D eigenvalue weighted by molar-refractivity contribution is 8.18. The number of thioether (sulfide) groups is 2. The molecule has 2 aromatic carbocycles. The minimum absolute atomic E-state index is 0.0282. The van der Waals surface area contributed by atoms with Gasteiger partial charge in [-0.15, -0.1) is 23.5 Å². The number of rotatable bonds is 13. The number of hydrogen-bond acceptors (Lipinski definition) is 4. The molecule has 0 aliphatic heterocycles. The lowest BCUT2D eigenvalue weighted by Crippen LogP contribution is -2.28. The molecule has 0 spiro atoms. The van der Waals surface area contributed by atoms with Crippen LogP contribution in [-0.2, 0) is 9.59 Å². The quantitative estimate of drug-likeness (QED) is 0.237. The standard InChI is InChI=1S/C23H29NO3S2/c1-2-3-18-24-21(25)14-16-23(17-15-22(26)27,28-19-10-6-4-7-11-19)29-20-12-8-5-9-13-20/h4-13H,2-3,14-18H2,1H3,(H,24,25)(H,26,27). The molecule has 2 N–H and O–H groups in total. The molecule has 2 rings (SSSR count). The molecule has 0 aliphatic rings. The zero-order chi connectivity index (χ0) is 21.0. The monoisotopic (exact) mass is 431 g/mol. The first-order valence-electron chi connectivity index (χ1n) is 9.99. The van der Waals surface area contributed by atoms with E-state index >= 15 is 0 Å². The summed E-state index contributed by atoms with van der Waals surface area (Å²) < 4.78 is -0.441. The van der Waals surface area contributed by atoms with E-state index in [9.17, 15) is 14.7 Å². The van der Waals surface area contributed by atoms with Crippen LogP contribution in [0.5, 0.6) is 0 Å². The molecule has 0 aromatic heterocycles. The molecule has 0 radical (unpaired) electrons. The van der Waals surface area contributed by atoms with Crippen molar-refractivity contribution in [1.82, 2.24) is 5.32 Å². The molecule has 0 bridgehead atoms. The Morgan fingerprint density at radius 1 is 0.897 bits per heavy atom. The fourth-order valence-corrected chi connectivity index (χ4v) is 5.86. The van der Waals surface area contributed by atoms with Gasteiger partial charge in [0.2, 0.25) is 5.91 Å². The van der Waals surface area contributed by atoms with Gasteiger partial charge in [0.05, 0.1) is 4.08 Å². The number of carboxylic acids is 1. The largest absolute Gasteiger partial charge is 0.481 e. The Morgan fingerprint density at radius 2 is 1.41 bits per heavy atom. The smallest absolute Gasteiger partial charge is 0.303 e. The lowest BCUT2D eigenvalue weighted by atomic mass is 10.1. The summed E-state index contributed by atoms with van der Waals surface area (Å²) >= 11 is 3.33. The molecule has 0 aliphatic carbocycles. The normalized spacial score (nSPS) is 11.2. The first-order chi connectivity index (χ1) is 14.0. The second-order valence-electron chi connectivity index (χ2n) is 6.84. The van der Waals surface area contributed by atoms with Crippen molar-refractivity contribution in [3.05, 3.63) is 60.7 Å². The predicted molar refractivity (Wildman–Crippen MR) is 121 cm³/mol. The van der Waals surface area contributed by atoms with Gasteiger partial charge in [-0.1, -0.05) is 49.7 Å². The van der Waals surface area contributed by atoms with Crippen molar-refractivity contribution in [2.45, 2.75) is 59.3 Å². The Hall–Kier alpha value is -1.92. The maximum Gasteiger partial charge on any atom is 0.303 e. The van der Waals surface area contributed by atoms with E-state index in [1.165, 1.54) is 0 Å². The van der Waals surface area contributed by atoms with E-state index in [-0.39, 0.29) is 12.3 Å². The van der Waals surface area contributed by atoms with Gasteiger partial charge in [0.15, 0.2) is 0 Å². The third kappa shape index (κ3) is 8.96. The zero-order valence-electron chi connectivity index (χ0n) is 16.8. The number of nitrogens with one attached hydrogen (secondary N) is 1. The van der Waals surface area contributed by atoms with Gasteiger partial charge in [0.1, 0.15) is 0 Å². The molecular formula is C23H29NO3S2. The van der Waals surface area contributed by atoms with Crippen LogP contribution in [0, 0.1) is 0 Å². The molecule has 0 atom stereocenters. The molecule has 0 heterocycles. The van der Waals surface area contributed by atoms with Crippen molar-refractivity contribution < 1.29 is 14.7 Å². The van der Waals surface area contributed by atoms with Crippen LogP contribution in [0.3, 0.4) is 0 Å². The second kappa shape index (κ2) is 12.6. The first kappa shape index (κ1) is 23.4. The Balaban J connectivity index is 2.22. The number of amides is 1.